The second-order valence-corrected chi connectivity index (χ2v) is 5.05. The van der Waals surface area contributed by atoms with Crippen molar-refractivity contribution in [2.24, 2.45) is 5.92 Å². The summed E-state index contributed by atoms with van der Waals surface area (Å²) in [6.07, 6.45) is 15.8. The molecular weight excluding hydrogens is 204 g/mol. The van der Waals surface area contributed by atoms with E-state index in [2.05, 4.69) is 63.3 Å². The highest BCUT2D eigenvalue weighted by Gasteiger charge is 2.25. The summed E-state index contributed by atoms with van der Waals surface area (Å²) in [5.41, 5.74) is 6.96. The summed E-state index contributed by atoms with van der Waals surface area (Å²) in [6, 6.07) is 0. The molecule has 0 fully saturated rings. The minimum atomic E-state index is 0.527. The SMILES string of the molecule is CC1=C(C)[C]2C=C3C(=CC=CC3C)C=C2C=C1. The summed E-state index contributed by atoms with van der Waals surface area (Å²) in [5.74, 6) is 1.93. The first-order valence-corrected chi connectivity index (χ1v) is 6.22. The van der Waals surface area contributed by atoms with Gasteiger partial charge in [-0.1, -0.05) is 60.6 Å². The number of rotatable bonds is 0. The number of fused-ring (bicyclic) bond motifs is 2. The third-order valence-corrected chi connectivity index (χ3v) is 3.93. The van der Waals surface area contributed by atoms with Crippen molar-refractivity contribution in [3.8, 4) is 0 Å². The van der Waals surface area contributed by atoms with Crippen molar-refractivity contribution < 1.29 is 0 Å². The van der Waals surface area contributed by atoms with Gasteiger partial charge in [0.2, 0.25) is 0 Å². The van der Waals surface area contributed by atoms with Gasteiger partial charge in [-0.2, -0.15) is 0 Å². The van der Waals surface area contributed by atoms with Gasteiger partial charge in [0.1, 0.15) is 0 Å². The van der Waals surface area contributed by atoms with Crippen molar-refractivity contribution in [1.29, 1.82) is 0 Å². The highest BCUT2D eigenvalue weighted by atomic mass is 14.3. The molecule has 0 heterocycles. The summed E-state index contributed by atoms with van der Waals surface area (Å²) in [5, 5.41) is 0. The average molecular weight is 221 g/mol. The molecule has 0 aliphatic heterocycles. The zero-order chi connectivity index (χ0) is 12.0. The molecule has 3 aliphatic carbocycles. The summed E-state index contributed by atoms with van der Waals surface area (Å²) in [7, 11) is 0. The van der Waals surface area contributed by atoms with Gasteiger partial charge in [-0.3, -0.25) is 0 Å². The Morgan fingerprint density at radius 3 is 2.65 bits per heavy atom. The summed E-state index contributed by atoms with van der Waals surface area (Å²) in [4.78, 5) is 0. The first kappa shape index (κ1) is 10.6. The van der Waals surface area contributed by atoms with Crippen LogP contribution in [-0.2, 0) is 0 Å². The fraction of sp³-hybridized carbons (Fsp3) is 0.235. The first-order valence-electron chi connectivity index (χ1n) is 6.22. The molecule has 0 heteroatoms. The lowest BCUT2D eigenvalue weighted by atomic mass is 9.74. The molecule has 0 aromatic carbocycles. The molecule has 1 radical (unpaired) electrons. The van der Waals surface area contributed by atoms with Gasteiger partial charge in [0, 0.05) is 0 Å². The van der Waals surface area contributed by atoms with E-state index in [1.165, 1.54) is 33.8 Å². The van der Waals surface area contributed by atoms with Gasteiger partial charge in [0.05, 0.1) is 5.92 Å². The Morgan fingerprint density at radius 1 is 1.00 bits per heavy atom. The van der Waals surface area contributed by atoms with Gasteiger partial charge >= 0.3 is 0 Å². The monoisotopic (exact) mass is 221 g/mol. The molecule has 0 aromatic heterocycles. The van der Waals surface area contributed by atoms with Crippen LogP contribution in [0, 0.1) is 11.8 Å². The molecule has 0 nitrogen and oxygen atoms in total. The van der Waals surface area contributed by atoms with Crippen molar-refractivity contribution in [2.45, 2.75) is 20.8 Å². The van der Waals surface area contributed by atoms with Gasteiger partial charge in [0.25, 0.3) is 0 Å². The van der Waals surface area contributed by atoms with E-state index in [1.807, 2.05) is 0 Å². The van der Waals surface area contributed by atoms with E-state index in [9.17, 15) is 0 Å². The maximum absolute atomic E-state index is 2.37. The van der Waals surface area contributed by atoms with E-state index in [4.69, 9.17) is 0 Å². The van der Waals surface area contributed by atoms with E-state index < -0.39 is 0 Å². The lowest BCUT2D eigenvalue weighted by Crippen LogP contribution is -2.14. The second-order valence-electron chi connectivity index (χ2n) is 5.05. The molecule has 3 rings (SSSR count). The molecule has 0 aromatic rings. The Labute approximate surface area is 103 Å². The lowest BCUT2D eigenvalue weighted by molar-refractivity contribution is 0.857. The molecule has 3 aliphatic rings. The normalized spacial score (nSPS) is 27.2. The van der Waals surface area contributed by atoms with Crippen LogP contribution in [0.3, 0.4) is 0 Å². The van der Waals surface area contributed by atoms with Crippen LogP contribution in [0.25, 0.3) is 0 Å². The summed E-state index contributed by atoms with van der Waals surface area (Å²) < 4.78 is 0. The fourth-order valence-corrected chi connectivity index (χ4v) is 2.63. The molecule has 0 spiro atoms. The zero-order valence-electron chi connectivity index (χ0n) is 10.6. The minimum Gasteiger partial charge on any atom is -0.0773 e. The Morgan fingerprint density at radius 2 is 1.82 bits per heavy atom. The van der Waals surface area contributed by atoms with Gasteiger partial charge in [-0.15, -0.1) is 0 Å². The smallest absolute Gasteiger partial charge is 0.0520 e. The Kier molecular flexibility index (Phi) is 2.32. The standard InChI is InChI=1S/C17H17/c1-11-7-8-15-9-14-6-4-5-12(2)16(14)10-17(15)13(11)3/h4-10,12H,1-3H3. The molecular formula is C17H17. The van der Waals surface area contributed by atoms with E-state index >= 15 is 0 Å². The van der Waals surface area contributed by atoms with Crippen LogP contribution in [0.1, 0.15) is 20.8 Å². The largest absolute Gasteiger partial charge is 0.0773 e. The lowest BCUT2D eigenvalue weighted by Gasteiger charge is -2.29. The van der Waals surface area contributed by atoms with Gasteiger partial charge in [0.15, 0.2) is 0 Å². The predicted molar refractivity (Wildman–Crippen MR) is 73.3 cm³/mol. The maximum atomic E-state index is 2.37. The van der Waals surface area contributed by atoms with E-state index in [0.29, 0.717) is 5.92 Å². The Hall–Kier alpha value is -1.56. The van der Waals surface area contributed by atoms with Crippen LogP contribution in [0.4, 0.5) is 0 Å². The zero-order valence-corrected chi connectivity index (χ0v) is 10.6. The third kappa shape index (κ3) is 1.59. The van der Waals surface area contributed by atoms with Crippen molar-refractivity contribution in [3.63, 3.8) is 0 Å². The van der Waals surface area contributed by atoms with Crippen LogP contribution in [0.2, 0.25) is 0 Å². The van der Waals surface area contributed by atoms with Crippen molar-refractivity contribution in [2.75, 3.05) is 0 Å². The van der Waals surface area contributed by atoms with Crippen molar-refractivity contribution in [3.05, 3.63) is 76.3 Å². The summed E-state index contributed by atoms with van der Waals surface area (Å²) in [6.45, 7) is 6.67. The average Bonchev–Trinajstić information content (AvgIpc) is 2.33. The second kappa shape index (κ2) is 3.73. The third-order valence-electron chi connectivity index (χ3n) is 3.93. The number of hydrogen-bond donors (Lipinski definition) is 0. The molecule has 1 atom stereocenters. The van der Waals surface area contributed by atoms with Crippen LogP contribution >= 0.6 is 0 Å². The van der Waals surface area contributed by atoms with Crippen molar-refractivity contribution >= 4 is 0 Å². The maximum Gasteiger partial charge on any atom is 0.0520 e. The predicted octanol–water partition coefficient (Wildman–Crippen LogP) is 4.47. The molecule has 0 bridgehead atoms. The number of allylic oxidation sites excluding steroid dienone is 12. The summed E-state index contributed by atoms with van der Waals surface area (Å²) >= 11 is 0. The molecule has 0 N–H and O–H groups in total. The highest BCUT2D eigenvalue weighted by Crippen LogP contribution is 2.41. The van der Waals surface area contributed by atoms with Gasteiger partial charge in [-0.25, -0.2) is 0 Å². The van der Waals surface area contributed by atoms with Crippen molar-refractivity contribution in [1.82, 2.24) is 0 Å². The van der Waals surface area contributed by atoms with Gasteiger partial charge < -0.3 is 0 Å². The molecule has 17 heavy (non-hydrogen) atoms. The fourth-order valence-electron chi connectivity index (χ4n) is 2.63. The molecule has 0 saturated carbocycles. The van der Waals surface area contributed by atoms with E-state index in [1.54, 1.807) is 0 Å². The quantitative estimate of drug-likeness (QED) is 0.566. The first-order chi connectivity index (χ1) is 8.16. The van der Waals surface area contributed by atoms with Crippen LogP contribution in [-0.4, -0.2) is 0 Å². The highest BCUT2D eigenvalue weighted by molar-refractivity contribution is 5.68. The topological polar surface area (TPSA) is 0 Å². The van der Waals surface area contributed by atoms with Crippen LogP contribution in [0.5, 0.6) is 0 Å². The van der Waals surface area contributed by atoms with E-state index in [0.717, 1.165) is 0 Å². The molecule has 85 valence electrons. The van der Waals surface area contributed by atoms with Crippen LogP contribution in [0.15, 0.2) is 70.4 Å². The molecule has 1 unspecified atom stereocenters. The minimum absolute atomic E-state index is 0.527. The molecule has 0 saturated heterocycles. The van der Waals surface area contributed by atoms with E-state index in [-0.39, 0.29) is 0 Å². The van der Waals surface area contributed by atoms with Gasteiger partial charge in [-0.05, 0) is 36.5 Å². The number of hydrogen-bond acceptors (Lipinski definition) is 0. The Balaban J connectivity index is 2.11. The Bertz CT molecular complexity index is 545. The molecule has 0 amide bonds. The van der Waals surface area contributed by atoms with Crippen LogP contribution < -0.4 is 0 Å².